The lowest BCUT2D eigenvalue weighted by atomic mass is 10.3. The maximum atomic E-state index is 11.5. The number of sulfone groups is 1. The summed E-state index contributed by atoms with van der Waals surface area (Å²) in [5.74, 6) is -0.220. The molecule has 1 aliphatic rings. The molecule has 9 nitrogen and oxygen atoms in total. The van der Waals surface area contributed by atoms with E-state index in [2.05, 4.69) is 15.6 Å². The van der Waals surface area contributed by atoms with Crippen LogP contribution < -0.4 is 21.9 Å². The fraction of sp³-hybridized carbons (Fsp3) is 0.222. The smallest absolute Gasteiger partial charge is 0.325 e. The second kappa shape index (κ2) is 4.72. The van der Waals surface area contributed by atoms with Crippen LogP contribution in [0, 0.1) is 0 Å². The minimum Gasteiger partial charge on any atom is -0.331 e. The molecule has 102 valence electrons. The Hall–Kier alpha value is -2.36. The van der Waals surface area contributed by atoms with Gasteiger partial charge in [0.1, 0.15) is 5.69 Å². The molecule has 2 amide bonds. The fourth-order valence-electron chi connectivity index (χ4n) is 1.50. The molecule has 1 aromatic heterocycles. The summed E-state index contributed by atoms with van der Waals surface area (Å²) in [5, 5.41) is 5.58. The molecule has 0 saturated heterocycles. The third-order valence-electron chi connectivity index (χ3n) is 2.31. The van der Waals surface area contributed by atoms with Gasteiger partial charge in [-0.25, -0.2) is 18.0 Å². The zero-order chi connectivity index (χ0) is 14.0. The average Bonchev–Trinajstić information content (AvgIpc) is 2.62. The van der Waals surface area contributed by atoms with Crippen LogP contribution in [0.25, 0.3) is 0 Å². The van der Waals surface area contributed by atoms with Crippen LogP contribution in [0.3, 0.4) is 0 Å². The Kier molecular flexibility index (Phi) is 3.25. The molecule has 0 bridgehead atoms. The van der Waals surface area contributed by atoms with Crippen molar-refractivity contribution < 1.29 is 13.2 Å². The van der Waals surface area contributed by atoms with Gasteiger partial charge in [-0.1, -0.05) is 0 Å². The molecule has 4 N–H and O–H groups in total. The first-order valence-electron chi connectivity index (χ1n) is 5.16. The van der Waals surface area contributed by atoms with Crippen LogP contribution in [-0.4, -0.2) is 36.2 Å². The van der Waals surface area contributed by atoms with Crippen LogP contribution in [0.2, 0.25) is 0 Å². The number of H-pyrrole nitrogens is 2. The van der Waals surface area contributed by atoms with Gasteiger partial charge in [0.05, 0.1) is 11.8 Å². The zero-order valence-electron chi connectivity index (χ0n) is 9.47. The van der Waals surface area contributed by atoms with E-state index in [4.69, 9.17) is 0 Å². The summed E-state index contributed by atoms with van der Waals surface area (Å²) in [6, 6.07) is -1.39. The van der Waals surface area contributed by atoms with Gasteiger partial charge >= 0.3 is 11.7 Å². The number of carbonyl (C=O) groups is 1. The number of hydrogen-bond donors (Lipinski definition) is 4. The highest BCUT2D eigenvalue weighted by Gasteiger charge is 2.23. The quantitative estimate of drug-likeness (QED) is 0.523. The zero-order valence-corrected chi connectivity index (χ0v) is 10.3. The number of aromatic amines is 2. The van der Waals surface area contributed by atoms with E-state index in [-0.39, 0.29) is 11.4 Å². The van der Waals surface area contributed by atoms with Crippen molar-refractivity contribution in [2.75, 3.05) is 11.1 Å². The van der Waals surface area contributed by atoms with Crippen LogP contribution in [0.1, 0.15) is 0 Å². The molecule has 0 aromatic carbocycles. The summed E-state index contributed by atoms with van der Waals surface area (Å²) >= 11 is 0. The Morgan fingerprint density at radius 2 is 2.11 bits per heavy atom. The predicted octanol–water partition coefficient (Wildman–Crippen LogP) is -1.50. The van der Waals surface area contributed by atoms with Crippen LogP contribution in [0.4, 0.5) is 10.5 Å². The Morgan fingerprint density at radius 3 is 2.68 bits per heavy atom. The topological polar surface area (TPSA) is 141 Å². The number of nitrogens with one attached hydrogen (secondary N) is 4. The lowest BCUT2D eigenvalue weighted by Crippen LogP contribution is -2.40. The molecule has 0 unspecified atom stereocenters. The molecule has 1 aliphatic heterocycles. The van der Waals surface area contributed by atoms with Crippen LogP contribution in [0.5, 0.6) is 0 Å². The monoisotopic (exact) mass is 286 g/mol. The number of hydrogen-bond acceptors (Lipinski definition) is 5. The lowest BCUT2D eigenvalue weighted by Gasteiger charge is -2.10. The number of urea groups is 1. The van der Waals surface area contributed by atoms with Crippen LogP contribution >= 0.6 is 0 Å². The van der Waals surface area contributed by atoms with Gasteiger partial charge in [-0.2, -0.15) is 0 Å². The van der Waals surface area contributed by atoms with E-state index in [9.17, 15) is 22.8 Å². The summed E-state index contributed by atoms with van der Waals surface area (Å²) in [4.78, 5) is 37.7. The van der Waals surface area contributed by atoms with E-state index in [1.807, 2.05) is 4.98 Å². The van der Waals surface area contributed by atoms with Gasteiger partial charge < -0.3 is 15.6 Å². The van der Waals surface area contributed by atoms with E-state index in [0.29, 0.717) is 0 Å². The van der Waals surface area contributed by atoms with Gasteiger partial charge in [0.15, 0.2) is 9.84 Å². The van der Waals surface area contributed by atoms with E-state index >= 15 is 0 Å². The number of carbonyl (C=O) groups excluding carboxylic acids is 1. The molecule has 0 fully saturated rings. The highest BCUT2D eigenvalue weighted by molar-refractivity contribution is 7.94. The Morgan fingerprint density at radius 1 is 1.37 bits per heavy atom. The molecule has 10 heteroatoms. The first kappa shape index (κ1) is 13.1. The molecule has 2 rings (SSSR count). The highest BCUT2D eigenvalue weighted by atomic mass is 32.2. The Bertz CT molecular complexity index is 744. The minimum atomic E-state index is -3.27. The van der Waals surface area contributed by atoms with Crippen molar-refractivity contribution >= 4 is 21.6 Å². The first-order chi connectivity index (χ1) is 8.85. The van der Waals surface area contributed by atoms with Crippen molar-refractivity contribution in [3.05, 3.63) is 38.5 Å². The van der Waals surface area contributed by atoms with Gasteiger partial charge in [-0.3, -0.25) is 9.78 Å². The third kappa shape index (κ3) is 3.31. The number of aromatic nitrogens is 2. The van der Waals surface area contributed by atoms with Gasteiger partial charge in [0, 0.05) is 11.6 Å². The van der Waals surface area contributed by atoms with E-state index in [1.165, 1.54) is 6.08 Å². The van der Waals surface area contributed by atoms with Gasteiger partial charge in [0.2, 0.25) is 0 Å². The maximum Gasteiger partial charge on any atom is 0.325 e. The SMILES string of the molecule is O=C(Nc1c[nH]c(=O)[nH]c1=O)N[C@H]1C=CS(=O)(=O)C1. The number of anilines is 1. The van der Waals surface area contributed by atoms with Gasteiger partial charge in [0.25, 0.3) is 5.56 Å². The van der Waals surface area contributed by atoms with E-state index in [0.717, 1.165) is 11.6 Å². The van der Waals surface area contributed by atoms with Gasteiger partial charge in [-0.15, -0.1) is 0 Å². The summed E-state index contributed by atoms with van der Waals surface area (Å²) in [7, 11) is -3.27. The first-order valence-corrected chi connectivity index (χ1v) is 6.88. The molecule has 0 spiro atoms. The summed E-state index contributed by atoms with van der Waals surface area (Å²) < 4.78 is 22.2. The Balaban J connectivity index is 2.01. The molecular formula is C9H10N4O5S. The normalized spacial score (nSPS) is 20.1. The van der Waals surface area contributed by atoms with E-state index in [1.54, 1.807) is 0 Å². The van der Waals surface area contributed by atoms with Crippen molar-refractivity contribution in [1.29, 1.82) is 0 Å². The van der Waals surface area contributed by atoms with Gasteiger partial charge in [-0.05, 0) is 6.08 Å². The van der Waals surface area contributed by atoms with Crippen molar-refractivity contribution in [3.8, 4) is 0 Å². The summed E-state index contributed by atoms with van der Waals surface area (Å²) in [6.45, 7) is 0. The number of rotatable bonds is 2. The van der Waals surface area contributed by atoms with Crippen molar-refractivity contribution in [1.82, 2.24) is 15.3 Å². The number of amides is 2. The molecule has 2 heterocycles. The van der Waals surface area contributed by atoms with Crippen molar-refractivity contribution in [2.45, 2.75) is 6.04 Å². The average molecular weight is 286 g/mol. The molecule has 1 atom stereocenters. The maximum absolute atomic E-state index is 11.5. The summed E-state index contributed by atoms with van der Waals surface area (Å²) in [5.41, 5.74) is -1.60. The summed E-state index contributed by atoms with van der Waals surface area (Å²) in [6.07, 6.45) is 2.38. The molecule has 1 aromatic rings. The molecular weight excluding hydrogens is 276 g/mol. The fourth-order valence-corrected chi connectivity index (χ4v) is 2.73. The van der Waals surface area contributed by atoms with Crippen molar-refractivity contribution in [3.63, 3.8) is 0 Å². The second-order valence-corrected chi connectivity index (χ2v) is 5.78. The standard InChI is InChI=1S/C9H10N4O5S/c14-7-6(3-10-8(15)13-7)12-9(16)11-5-1-2-19(17,18)4-5/h1-3,5H,4H2,(H2,11,12,16)(H2,10,13,14,15)/t5-/m0/s1. The molecule has 19 heavy (non-hydrogen) atoms. The third-order valence-corrected chi connectivity index (χ3v) is 3.71. The predicted molar refractivity (Wildman–Crippen MR) is 66.6 cm³/mol. The lowest BCUT2D eigenvalue weighted by molar-refractivity contribution is 0.251. The molecule has 0 radical (unpaired) electrons. The molecule has 0 saturated carbocycles. The highest BCUT2D eigenvalue weighted by Crippen LogP contribution is 2.07. The van der Waals surface area contributed by atoms with Crippen LogP contribution in [0.15, 0.2) is 27.3 Å². The Labute approximate surface area is 106 Å². The van der Waals surface area contributed by atoms with Crippen molar-refractivity contribution in [2.24, 2.45) is 0 Å². The largest absolute Gasteiger partial charge is 0.331 e. The molecule has 0 aliphatic carbocycles. The minimum absolute atomic E-state index is 0.151. The van der Waals surface area contributed by atoms with Crippen LogP contribution in [-0.2, 0) is 9.84 Å². The second-order valence-electron chi connectivity index (χ2n) is 3.85. The van der Waals surface area contributed by atoms with E-state index < -0.39 is 33.2 Å².